The summed E-state index contributed by atoms with van der Waals surface area (Å²) in [6, 6.07) is 0. The summed E-state index contributed by atoms with van der Waals surface area (Å²) in [6.45, 7) is 3.16. The minimum absolute atomic E-state index is 0. The van der Waals surface area contributed by atoms with Crippen LogP contribution in [0.15, 0.2) is 12.7 Å². The first-order valence-corrected chi connectivity index (χ1v) is 3.61. The van der Waals surface area contributed by atoms with E-state index in [4.69, 9.17) is 17.5 Å². The zero-order valence-electron chi connectivity index (χ0n) is 7.13. The molecule has 0 amide bonds. The quantitative estimate of drug-likeness (QED) is 0.271. The molecule has 0 aromatic heterocycles. The molecule has 8 N–H and O–H groups in total. The van der Waals surface area contributed by atoms with Gasteiger partial charge < -0.3 is 17.0 Å². The number of methoxy groups -OCH3 is 1. The number of carbonyl (C=O) groups is 1. The first kappa shape index (κ1) is 22.7. The second-order valence-electron chi connectivity index (χ2n) is 1.18. The van der Waals surface area contributed by atoms with Crippen LogP contribution >= 0.6 is 0 Å². The highest BCUT2D eigenvalue weighted by Crippen LogP contribution is 1.67. The molecule has 0 heterocycles. The van der Waals surface area contributed by atoms with Gasteiger partial charge in [0.2, 0.25) is 0 Å². The predicted molar refractivity (Wildman–Crippen MR) is 46.4 cm³/mol. The molecule has 0 radical (unpaired) electrons. The van der Waals surface area contributed by atoms with Gasteiger partial charge in [-0.25, -0.2) is 4.79 Å². The number of ether oxygens (including phenoxy) is 1. The van der Waals surface area contributed by atoms with Gasteiger partial charge in [0.25, 0.3) is 0 Å². The van der Waals surface area contributed by atoms with Crippen LogP contribution in [0, 0.1) is 0 Å². The van der Waals surface area contributed by atoms with Crippen LogP contribution in [-0.2, 0) is 19.9 Å². The molecule has 0 saturated heterocycles. The fourth-order valence-corrected chi connectivity index (χ4v) is 0.0833. The van der Waals surface area contributed by atoms with E-state index in [0.29, 0.717) is 0 Å². The fraction of sp³-hybridized carbons (Fsp3) is 0.250. The maximum Gasteiger partial charge on any atom is 0.394 e. The minimum Gasteiger partial charge on any atom is -0.466 e. The molecule has 0 unspecified atom stereocenters. The Hall–Kier alpha value is -1.00. The van der Waals surface area contributed by atoms with Gasteiger partial charge in [-0.3, -0.25) is 9.11 Å². The topological polar surface area (TPSA) is 171 Å². The van der Waals surface area contributed by atoms with Gasteiger partial charge in [-0.1, -0.05) is 6.58 Å². The normalized spacial score (nSPS) is 7.62. The molecule has 0 atom stereocenters. The van der Waals surface area contributed by atoms with Gasteiger partial charge in [0.05, 0.1) is 7.11 Å². The van der Waals surface area contributed by atoms with Crippen molar-refractivity contribution in [3.63, 3.8) is 0 Å². The molecule has 0 fully saturated rings. The van der Waals surface area contributed by atoms with Gasteiger partial charge in [0.15, 0.2) is 0 Å². The minimum atomic E-state index is -4.67. The van der Waals surface area contributed by atoms with Crippen LogP contribution in [0.5, 0.6) is 0 Å². The lowest BCUT2D eigenvalue weighted by atomic mass is 10.7. The lowest BCUT2D eigenvalue weighted by molar-refractivity contribution is -0.134. The van der Waals surface area contributed by atoms with E-state index >= 15 is 0 Å². The van der Waals surface area contributed by atoms with E-state index in [9.17, 15) is 4.79 Å². The van der Waals surface area contributed by atoms with Crippen molar-refractivity contribution in [3.05, 3.63) is 12.7 Å². The SMILES string of the molecule is C=CC(=O)OC.N.N.O=S(=O)(O)O. The maximum atomic E-state index is 9.84. The highest BCUT2D eigenvalue weighted by molar-refractivity contribution is 7.79. The Morgan fingerprint density at radius 1 is 1.38 bits per heavy atom. The van der Waals surface area contributed by atoms with Gasteiger partial charge in [-0.05, 0) is 0 Å². The predicted octanol–water partition coefficient (Wildman–Crippen LogP) is 0.0166. The van der Waals surface area contributed by atoms with Gasteiger partial charge in [0, 0.05) is 6.08 Å². The first-order valence-electron chi connectivity index (χ1n) is 2.21. The van der Waals surface area contributed by atoms with E-state index in [-0.39, 0.29) is 12.3 Å². The molecule has 0 bridgehead atoms. The third-order valence-electron chi connectivity index (χ3n) is 0.368. The van der Waals surface area contributed by atoms with Gasteiger partial charge in [-0.2, -0.15) is 8.42 Å². The molecule has 82 valence electrons. The average molecular weight is 218 g/mol. The summed E-state index contributed by atoms with van der Waals surface area (Å²) < 4.78 is 35.7. The molecule has 0 saturated carbocycles. The standard InChI is InChI=1S/C4H6O2.2H3N.H2O4S/c1-3-4(5)6-2;;;1-5(2,3)4/h3H,1H2,2H3;2*1H3;(H2,1,2,3,4). The monoisotopic (exact) mass is 218 g/mol. The third kappa shape index (κ3) is 99.0. The van der Waals surface area contributed by atoms with Crippen molar-refractivity contribution in [1.29, 1.82) is 0 Å². The van der Waals surface area contributed by atoms with Crippen molar-refractivity contribution in [2.45, 2.75) is 0 Å². The van der Waals surface area contributed by atoms with Gasteiger partial charge >= 0.3 is 16.4 Å². The summed E-state index contributed by atoms with van der Waals surface area (Å²) in [6.07, 6.45) is 1.11. The van der Waals surface area contributed by atoms with Gasteiger partial charge in [0.1, 0.15) is 0 Å². The molecule has 0 aromatic rings. The Balaban J connectivity index is -0.0000000546. The van der Waals surface area contributed by atoms with Crippen LogP contribution in [0.3, 0.4) is 0 Å². The van der Waals surface area contributed by atoms with Crippen LogP contribution in [0.1, 0.15) is 0 Å². The van der Waals surface area contributed by atoms with E-state index in [1.165, 1.54) is 7.11 Å². The Labute approximate surface area is 76.3 Å². The van der Waals surface area contributed by atoms with Gasteiger partial charge in [-0.15, -0.1) is 0 Å². The number of hydrogen-bond acceptors (Lipinski definition) is 6. The fourth-order valence-electron chi connectivity index (χ4n) is 0.0833. The number of rotatable bonds is 1. The van der Waals surface area contributed by atoms with Crippen molar-refractivity contribution in [1.82, 2.24) is 12.3 Å². The molecule has 0 aliphatic heterocycles. The Morgan fingerprint density at radius 2 is 1.62 bits per heavy atom. The van der Waals surface area contributed by atoms with E-state index < -0.39 is 16.4 Å². The van der Waals surface area contributed by atoms with Crippen molar-refractivity contribution >= 4 is 16.4 Å². The molecular weight excluding hydrogens is 204 g/mol. The second kappa shape index (κ2) is 11.0. The van der Waals surface area contributed by atoms with Crippen molar-refractivity contribution in [2.75, 3.05) is 7.11 Å². The largest absolute Gasteiger partial charge is 0.466 e. The molecule has 0 aliphatic rings. The highest BCUT2D eigenvalue weighted by atomic mass is 32.3. The first-order chi connectivity index (χ1) is 4.81. The van der Waals surface area contributed by atoms with E-state index in [0.717, 1.165) is 6.08 Å². The van der Waals surface area contributed by atoms with Crippen LogP contribution in [0.2, 0.25) is 0 Å². The number of hydrogen-bond donors (Lipinski definition) is 4. The smallest absolute Gasteiger partial charge is 0.394 e. The molecule has 0 aromatic carbocycles. The maximum absolute atomic E-state index is 9.84. The molecule has 0 spiro atoms. The summed E-state index contributed by atoms with van der Waals surface area (Å²) in [5.74, 6) is -0.394. The third-order valence-corrected chi connectivity index (χ3v) is 0.368. The van der Waals surface area contributed by atoms with Crippen molar-refractivity contribution in [2.24, 2.45) is 0 Å². The van der Waals surface area contributed by atoms with Crippen LogP contribution < -0.4 is 12.3 Å². The lowest BCUT2D eigenvalue weighted by Crippen LogP contribution is -1.91. The Bertz CT molecular complexity index is 215. The summed E-state index contributed by atoms with van der Waals surface area (Å²) in [7, 11) is -3.36. The van der Waals surface area contributed by atoms with E-state index in [1.54, 1.807) is 0 Å². The van der Waals surface area contributed by atoms with E-state index in [1.807, 2.05) is 0 Å². The summed E-state index contributed by atoms with van der Waals surface area (Å²) in [5.41, 5.74) is 0. The highest BCUT2D eigenvalue weighted by Gasteiger charge is 1.84. The molecule has 8 nitrogen and oxygen atoms in total. The zero-order valence-corrected chi connectivity index (χ0v) is 7.95. The summed E-state index contributed by atoms with van der Waals surface area (Å²) >= 11 is 0. The number of carbonyl (C=O) groups excluding carboxylic acids is 1. The van der Waals surface area contributed by atoms with Crippen LogP contribution in [-0.4, -0.2) is 30.6 Å². The average Bonchev–Trinajstić information content (AvgIpc) is 1.83. The van der Waals surface area contributed by atoms with Crippen LogP contribution in [0.4, 0.5) is 0 Å². The molecule has 0 rings (SSSR count). The lowest BCUT2D eigenvalue weighted by Gasteiger charge is -1.83. The molecule has 13 heavy (non-hydrogen) atoms. The second-order valence-corrected chi connectivity index (χ2v) is 2.07. The summed E-state index contributed by atoms with van der Waals surface area (Å²) in [5, 5.41) is 0. The zero-order chi connectivity index (χ0) is 9.49. The van der Waals surface area contributed by atoms with Crippen LogP contribution in [0.25, 0.3) is 0 Å². The number of esters is 1. The molecule has 0 aliphatic carbocycles. The molecule has 9 heteroatoms. The Morgan fingerprint density at radius 3 is 1.62 bits per heavy atom. The van der Waals surface area contributed by atoms with Crippen molar-refractivity contribution in [3.8, 4) is 0 Å². The Kier molecular flexibility index (Phi) is 19.2. The summed E-state index contributed by atoms with van der Waals surface area (Å²) in [4.78, 5) is 9.84. The molecular formula is C4H14N2O6S. The van der Waals surface area contributed by atoms with Crippen molar-refractivity contribution < 1.29 is 27.1 Å². The van der Waals surface area contributed by atoms with E-state index in [2.05, 4.69) is 11.3 Å².